The first kappa shape index (κ1) is 12.8. The average Bonchev–Trinajstić information content (AvgIpc) is 2.71. The highest BCUT2D eigenvalue weighted by Gasteiger charge is 2.16. The van der Waals surface area contributed by atoms with Crippen molar-refractivity contribution >= 4 is 11.9 Å². The second-order valence-electron chi connectivity index (χ2n) is 3.17. The lowest BCUT2D eigenvalue weighted by Gasteiger charge is -1.99. The van der Waals surface area contributed by atoms with Gasteiger partial charge in [-0.2, -0.15) is 5.26 Å². The zero-order valence-corrected chi connectivity index (χ0v) is 9.57. The third kappa shape index (κ3) is 3.08. The van der Waals surface area contributed by atoms with Gasteiger partial charge >= 0.3 is 11.9 Å². The van der Waals surface area contributed by atoms with Crippen molar-refractivity contribution in [3.63, 3.8) is 0 Å². The lowest BCUT2D eigenvalue weighted by atomic mass is 10.2. The standard InChI is InChI=1S/C11H12N2O4/c1-3-17-10(14)5-7-4-8(11(15)16-2)13-9(7)6-12/h4,13H,3,5H2,1-2H3. The number of ether oxygens (including phenoxy) is 2. The van der Waals surface area contributed by atoms with Crippen molar-refractivity contribution < 1.29 is 19.1 Å². The Bertz CT molecular complexity index is 470. The second-order valence-corrected chi connectivity index (χ2v) is 3.17. The summed E-state index contributed by atoms with van der Waals surface area (Å²) in [7, 11) is 1.24. The van der Waals surface area contributed by atoms with E-state index in [0.717, 1.165) is 0 Å². The summed E-state index contributed by atoms with van der Waals surface area (Å²) in [6.07, 6.45) is -0.0514. The third-order valence-corrected chi connectivity index (χ3v) is 2.06. The highest BCUT2D eigenvalue weighted by molar-refractivity contribution is 5.88. The van der Waals surface area contributed by atoms with Crippen LogP contribution in [0.5, 0.6) is 0 Å². The predicted molar refractivity (Wildman–Crippen MR) is 57.2 cm³/mol. The van der Waals surface area contributed by atoms with E-state index in [1.807, 2.05) is 6.07 Å². The number of methoxy groups -OCH3 is 1. The molecule has 17 heavy (non-hydrogen) atoms. The van der Waals surface area contributed by atoms with Crippen LogP contribution in [-0.4, -0.2) is 30.6 Å². The van der Waals surface area contributed by atoms with Crippen molar-refractivity contribution in [3.8, 4) is 6.07 Å². The number of nitrogens with zero attached hydrogens (tertiary/aromatic N) is 1. The van der Waals surface area contributed by atoms with Crippen molar-refractivity contribution in [1.29, 1.82) is 5.26 Å². The number of carbonyl (C=O) groups is 2. The van der Waals surface area contributed by atoms with Gasteiger partial charge in [-0.1, -0.05) is 0 Å². The molecule has 0 saturated carbocycles. The molecular weight excluding hydrogens is 224 g/mol. The highest BCUT2D eigenvalue weighted by Crippen LogP contribution is 2.12. The van der Waals surface area contributed by atoms with Gasteiger partial charge in [-0.3, -0.25) is 4.79 Å². The number of aromatic nitrogens is 1. The van der Waals surface area contributed by atoms with Crippen molar-refractivity contribution in [1.82, 2.24) is 4.98 Å². The first-order valence-corrected chi connectivity index (χ1v) is 4.98. The minimum Gasteiger partial charge on any atom is -0.466 e. The van der Waals surface area contributed by atoms with Gasteiger partial charge in [0.05, 0.1) is 20.1 Å². The van der Waals surface area contributed by atoms with E-state index in [4.69, 9.17) is 10.00 Å². The molecule has 0 aromatic carbocycles. The normalized spacial score (nSPS) is 9.47. The van der Waals surface area contributed by atoms with Crippen molar-refractivity contribution in [2.24, 2.45) is 0 Å². The minimum atomic E-state index is -0.586. The van der Waals surface area contributed by atoms with Crippen LogP contribution in [0.1, 0.15) is 28.7 Å². The van der Waals surface area contributed by atoms with E-state index >= 15 is 0 Å². The third-order valence-electron chi connectivity index (χ3n) is 2.06. The van der Waals surface area contributed by atoms with Gasteiger partial charge in [0, 0.05) is 0 Å². The van der Waals surface area contributed by atoms with E-state index in [2.05, 4.69) is 9.72 Å². The number of H-pyrrole nitrogens is 1. The fraction of sp³-hybridized carbons (Fsp3) is 0.364. The van der Waals surface area contributed by atoms with Crippen LogP contribution >= 0.6 is 0 Å². The number of hydrogen-bond donors (Lipinski definition) is 1. The number of aromatic amines is 1. The lowest BCUT2D eigenvalue weighted by Crippen LogP contribution is -2.07. The Hall–Kier alpha value is -2.29. The van der Waals surface area contributed by atoms with Crippen LogP contribution in [0.2, 0.25) is 0 Å². The topological polar surface area (TPSA) is 92.2 Å². The summed E-state index contributed by atoms with van der Waals surface area (Å²) in [5.74, 6) is -1.03. The highest BCUT2D eigenvalue weighted by atomic mass is 16.5. The lowest BCUT2D eigenvalue weighted by molar-refractivity contribution is -0.142. The summed E-state index contributed by atoms with van der Waals surface area (Å²) < 4.78 is 9.27. The van der Waals surface area contributed by atoms with Crippen LogP contribution in [0.25, 0.3) is 0 Å². The molecular formula is C11H12N2O4. The molecule has 0 unspecified atom stereocenters. The molecule has 1 N–H and O–H groups in total. The number of carbonyl (C=O) groups excluding carboxylic acids is 2. The van der Waals surface area contributed by atoms with Gasteiger partial charge in [-0.05, 0) is 18.6 Å². The van der Waals surface area contributed by atoms with Crippen LogP contribution in [0.4, 0.5) is 0 Å². The van der Waals surface area contributed by atoms with Gasteiger partial charge in [-0.25, -0.2) is 4.79 Å². The Morgan fingerprint density at radius 2 is 2.24 bits per heavy atom. The zero-order chi connectivity index (χ0) is 12.8. The maximum atomic E-state index is 11.3. The Kier molecular flexibility index (Phi) is 4.29. The molecule has 0 amide bonds. The second kappa shape index (κ2) is 5.70. The first-order valence-electron chi connectivity index (χ1n) is 4.98. The molecule has 0 aliphatic heterocycles. The van der Waals surface area contributed by atoms with Crippen LogP contribution in [0, 0.1) is 11.3 Å². The van der Waals surface area contributed by atoms with Gasteiger partial charge in [-0.15, -0.1) is 0 Å². The summed E-state index contributed by atoms with van der Waals surface area (Å²) in [6.45, 7) is 1.97. The molecule has 1 aromatic rings. The van der Waals surface area contributed by atoms with Gasteiger partial charge < -0.3 is 14.5 Å². The Labute approximate surface area is 98.1 Å². The SMILES string of the molecule is CCOC(=O)Cc1cc(C(=O)OC)[nH]c1C#N. The molecule has 0 aliphatic rings. The van der Waals surface area contributed by atoms with E-state index in [9.17, 15) is 9.59 Å². The number of hydrogen-bond acceptors (Lipinski definition) is 5. The average molecular weight is 236 g/mol. The largest absolute Gasteiger partial charge is 0.466 e. The number of esters is 2. The molecule has 1 aromatic heterocycles. The molecule has 6 nitrogen and oxygen atoms in total. The fourth-order valence-corrected chi connectivity index (χ4v) is 1.32. The Morgan fingerprint density at radius 1 is 1.53 bits per heavy atom. The molecule has 6 heteroatoms. The number of rotatable bonds is 4. The van der Waals surface area contributed by atoms with Gasteiger partial charge in [0.25, 0.3) is 0 Å². The smallest absolute Gasteiger partial charge is 0.354 e. The van der Waals surface area contributed by atoms with Crippen molar-refractivity contribution in [3.05, 3.63) is 23.0 Å². The molecule has 0 fully saturated rings. The monoisotopic (exact) mass is 236 g/mol. The van der Waals surface area contributed by atoms with Gasteiger partial charge in [0.1, 0.15) is 17.5 Å². The minimum absolute atomic E-state index is 0.0514. The molecule has 1 rings (SSSR count). The molecule has 0 atom stereocenters. The van der Waals surface area contributed by atoms with E-state index < -0.39 is 11.9 Å². The van der Waals surface area contributed by atoms with Gasteiger partial charge in [0.2, 0.25) is 0 Å². The first-order chi connectivity index (χ1) is 8.12. The molecule has 90 valence electrons. The summed E-state index contributed by atoms with van der Waals surface area (Å²) in [5, 5.41) is 8.84. The quantitative estimate of drug-likeness (QED) is 0.780. The molecule has 0 aliphatic carbocycles. The van der Waals surface area contributed by atoms with E-state index in [1.165, 1.54) is 13.2 Å². The summed E-state index contributed by atoms with van der Waals surface area (Å²) in [6, 6.07) is 3.29. The van der Waals surface area contributed by atoms with Crippen LogP contribution in [0.15, 0.2) is 6.07 Å². The van der Waals surface area contributed by atoms with Gasteiger partial charge in [0.15, 0.2) is 0 Å². The Morgan fingerprint density at radius 3 is 2.76 bits per heavy atom. The van der Waals surface area contributed by atoms with E-state index in [0.29, 0.717) is 5.56 Å². The van der Waals surface area contributed by atoms with Crippen LogP contribution in [0.3, 0.4) is 0 Å². The van der Waals surface area contributed by atoms with E-state index in [1.54, 1.807) is 6.92 Å². The molecule has 0 saturated heterocycles. The fourth-order valence-electron chi connectivity index (χ4n) is 1.32. The predicted octanol–water partition coefficient (Wildman–Crippen LogP) is 0.779. The molecule has 1 heterocycles. The van der Waals surface area contributed by atoms with Crippen molar-refractivity contribution in [2.45, 2.75) is 13.3 Å². The zero-order valence-electron chi connectivity index (χ0n) is 9.57. The summed E-state index contributed by atoms with van der Waals surface area (Å²) >= 11 is 0. The summed E-state index contributed by atoms with van der Waals surface area (Å²) in [5.41, 5.74) is 0.730. The Balaban J connectivity index is 2.92. The van der Waals surface area contributed by atoms with Crippen molar-refractivity contribution in [2.75, 3.05) is 13.7 Å². The van der Waals surface area contributed by atoms with Crippen LogP contribution in [-0.2, 0) is 20.7 Å². The number of nitriles is 1. The maximum absolute atomic E-state index is 11.3. The molecule has 0 bridgehead atoms. The van der Waals surface area contributed by atoms with E-state index in [-0.39, 0.29) is 24.4 Å². The maximum Gasteiger partial charge on any atom is 0.354 e. The van der Waals surface area contributed by atoms with Crippen LogP contribution < -0.4 is 0 Å². The molecule has 0 spiro atoms. The molecule has 0 radical (unpaired) electrons. The summed E-state index contributed by atoms with van der Waals surface area (Å²) in [4.78, 5) is 25.1. The number of nitrogens with one attached hydrogen (secondary N) is 1.